The molecular weight excluding hydrogens is 398 g/mol. The van der Waals surface area contributed by atoms with E-state index in [9.17, 15) is 9.59 Å². The van der Waals surface area contributed by atoms with Crippen LogP contribution in [0.1, 0.15) is 54.4 Å². The van der Waals surface area contributed by atoms with Gasteiger partial charge in [0.25, 0.3) is 5.91 Å². The number of carbonyl (C=O) groups is 1. The maximum Gasteiger partial charge on any atom is 0.251 e. The fraction of sp³-hybridized carbons (Fsp3) is 0.296. The first kappa shape index (κ1) is 21.8. The third-order valence-electron chi connectivity index (χ3n) is 6.23. The number of carbonyl (C=O) groups excluding carboxylic acids is 1. The maximum absolute atomic E-state index is 12.1. The van der Waals surface area contributed by atoms with Crippen molar-refractivity contribution in [1.29, 1.82) is 0 Å². The number of aromatic amines is 1. The number of pyridine rings is 1. The summed E-state index contributed by atoms with van der Waals surface area (Å²) in [6.07, 6.45) is 11.8. The second kappa shape index (κ2) is 8.95. The SMILES string of the molecule is CC=C1C2C=C(C)CC1(N=CC=Cc1cccc(C(=O)NCC)c1)c1ccc(=O)[nH]c1C2. The van der Waals surface area contributed by atoms with Gasteiger partial charge in [-0.2, -0.15) is 0 Å². The first-order valence-corrected chi connectivity index (χ1v) is 11.1. The summed E-state index contributed by atoms with van der Waals surface area (Å²) in [6.45, 7) is 6.73. The van der Waals surface area contributed by atoms with E-state index in [-0.39, 0.29) is 17.4 Å². The number of nitrogens with one attached hydrogen (secondary N) is 2. The van der Waals surface area contributed by atoms with Crippen LogP contribution in [0.3, 0.4) is 0 Å². The van der Waals surface area contributed by atoms with E-state index in [1.807, 2.05) is 55.6 Å². The van der Waals surface area contributed by atoms with Crippen molar-refractivity contribution in [2.75, 3.05) is 6.54 Å². The highest BCUT2D eigenvalue weighted by Gasteiger charge is 2.46. The largest absolute Gasteiger partial charge is 0.352 e. The average molecular weight is 428 g/mol. The van der Waals surface area contributed by atoms with Crippen LogP contribution in [-0.2, 0) is 12.0 Å². The molecule has 2 aliphatic rings. The number of rotatable bonds is 5. The summed E-state index contributed by atoms with van der Waals surface area (Å²) in [4.78, 5) is 32.2. The van der Waals surface area contributed by atoms with E-state index >= 15 is 0 Å². The molecule has 0 fully saturated rings. The van der Waals surface area contributed by atoms with Crippen molar-refractivity contribution in [3.8, 4) is 0 Å². The third-order valence-corrected chi connectivity index (χ3v) is 6.23. The van der Waals surface area contributed by atoms with Crippen molar-refractivity contribution < 1.29 is 4.79 Å². The van der Waals surface area contributed by atoms with Crippen LogP contribution in [0.5, 0.6) is 0 Å². The molecule has 0 spiro atoms. The molecule has 4 rings (SSSR count). The molecule has 32 heavy (non-hydrogen) atoms. The van der Waals surface area contributed by atoms with E-state index in [0.717, 1.165) is 29.7 Å². The number of nitrogens with zero attached hydrogens (tertiary/aromatic N) is 1. The summed E-state index contributed by atoms with van der Waals surface area (Å²) in [5, 5.41) is 2.83. The van der Waals surface area contributed by atoms with Crippen molar-refractivity contribution >= 4 is 18.2 Å². The van der Waals surface area contributed by atoms with Crippen LogP contribution in [0.15, 0.2) is 75.6 Å². The Morgan fingerprint density at radius 3 is 2.94 bits per heavy atom. The predicted molar refractivity (Wildman–Crippen MR) is 130 cm³/mol. The number of amides is 1. The summed E-state index contributed by atoms with van der Waals surface area (Å²) in [6, 6.07) is 11.1. The third kappa shape index (κ3) is 4.03. The summed E-state index contributed by atoms with van der Waals surface area (Å²) in [7, 11) is 0. The van der Waals surface area contributed by atoms with Crippen LogP contribution in [0.2, 0.25) is 0 Å². The molecule has 0 saturated heterocycles. The van der Waals surface area contributed by atoms with Crippen molar-refractivity contribution in [2.24, 2.45) is 10.9 Å². The standard InChI is InChI=1S/C27H29N3O2/c1-4-22-21-14-18(3)17-27(22,23-11-12-25(31)30-24(23)16-21)29-13-7-9-19-8-6-10-20(15-19)26(32)28-5-2/h4,6-15,21H,5,16-17H2,1-3H3,(H,28,32)(H,30,31). The Morgan fingerprint density at radius 1 is 1.31 bits per heavy atom. The van der Waals surface area contributed by atoms with Gasteiger partial charge in [-0.25, -0.2) is 0 Å². The zero-order valence-corrected chi connectivity index (χ0v) is 18.8. The topological polar surface area (TPSA) is 74.3 Å². The van der Waals surface area contributed by atoms with E-state index in [1.165, 1.54) is 11.1 Å². The molecule has 164 valence electrons. The van der Waals surface area contributed by atoms with E-state index < -0.39 is 5.54 Å². The van der Waals surface area contributed by atoms with Crippen LogP contribution >= 0.6 is 0 Å². The molecule has 5 heteroatoms. The number of hydrogen-bond acceptors (Lipinski definition) is 3. The average Bonchev–Trinajstić information content (AvgIpc) is 2.76. The van der Waals surface area contributed by atoms with E-state index in [2.05, 4.69) is 36.3 Å². The smallest absolute Gasteiger partial charge is 0.251 e. The van der Waals surface area contributed by atoms with Crippen molar-refractivity contribution in [2.45, 2.75) is 39.2 Å². The molecule has 2 aliphatic carbocycles. The normalized spacial score (nSPS) is 23.4. The summed E-state index contributed by atoms with van der Waals surface area (Å²) in [5.74, 6) is 0.172. The molecule has 2 N–H and O–H groups in total. The number of aromatic nitrogens is 1. The van der Waals surface area contributed by atoms with E-state index in [0.29, 0.717) is 12.1 Å². The van der Waals surface area contributed by atoms with Crippen molar-refractivity contribution in [3.63, 3.8) is 0 Å². The molecule has 2 atom stereocenters. The Labute approximate surface area is 188 Å². The maximum atomic E-state index is 12.1. The highest BCUT2D eigenvalue weighted by molar-refractivity contribution is 5.94. The number of fused-ring (bicyclic) bond motifs is 4. The highest BCUT2D eigenvalue weighted by atomic mass is 16.1. The van der Waals surface area contributed by atoms with E-state index in [1.54, 1.807) is 6.07 Å². The number of benzene rings is 1. The highest BCUT2D eigenvalue weighted by Crippen LogP contribution is 2.51. The van der Waals surface area contributed by atoms with Gasteiger partial charge in [0, 0.05) is 48.0 Å². The Morgan fingerprint density at radius 2 is 2.16 bits per heavy atom. The molecule has 1 amide bonds. The molecule has 0 aliphatic heterocycles. The van der Waals surface area contributed by atoms with Crippen molar-refractivity contribution in [3.05, 3.63) is 98.5 Å². The number of H-pyrrole nitrogens is 1. The minimum absolute atomic E-state index is 0.0718. The van der Waals surface area contributed by atoms with Gasteiger partial charge in [-0.15, -0.1) is 0 Å². The van der Waals surface area contributed by atoms with Crippen molar-refractivity contribution in [1.82, 2.24) is 10.3 Å². The molecule has 2 aromatic rings. The van der Waals surface area contributed by atoms with Gasteiger partial charge in [0.2, 0.25) is 5.56 Å². The van der Waals surface area contributed by atoms with Crippen LogP contribution in [-0.4, -0.2) is 23.7 Å². The van der Waals surface area contributed by atoms with Gasteiger partial charge in [-0.05, 0) is 62.6 Å². The van der Waals surface area contributed by atoms with Crippen LogP contribution in [0.25, 0.3) is 6.08 Å². The van der Waals surface area contributed by atoms with Gasteiger partial charge in [-0.1, -0.05) is 35.9 Å². The van der Waals surface area contributed by atoms with Crippen LogP contribution in [0.4, 0.5) is 0 Å². The molecule has 2 bridgehead atoms. The predicted octanol–water partition coefficient (Wildman–Crippen LogP) is 4.57. The summed E-state index contributed by atoms with van der Waals surface area (Å²) < 4.78 is 0. The lowest BCUT2D eigenvalue weighted by Crippen LogP contribution is -2.40. The Kier molecular flexibility index (Phi) is 6.08. The minimum atomic E-state index is -0.497. The second-order valence-corrected chi connectivity index (χ2v) is 8.44. The fourth-order valence-corrected chi connectivity index (χ4v) is 5.02. The van der Waals surface area contributed by atoms with Gasteiger partial charge in [0.1, 0.15) is 5.54 Å². The fourth-order valence-electron chi connectivity index (χ4n) is 5.02. The number of hydrogen-bond donors (Lipinski definition) is 2. The Bertz CT molecular complexity index is 1220. The first-order valence-electron chi connectivity index (χ1n) is 11.1. The molecule has 2 unspecified atom stereocenters. The minimum Gasteiger partial charge on any atom is -0.352 e. The van der Waals surface area contributed by atoms with Crippen LogP contribution in [0, 0.1) is 5.92 Å². The molecule has 1 heterocycles. The molecule has 1 aromatic carbocycles. The number of allylic oxidation sites excluding steroid dienone is 3. The van der Waals surface area contributed by atoms with Gasteiger partial charge in [-0.3, -0.25) is 14.6 Å². The quantitative estimate of drug-likeness (QED) is 0.542. The summed E-state index contributed by atoms with van der Waals surface area (Å²) in [5.41, 5.74) is 5.67. The van der Waals surface area contributed by atoms with E-state index in [4.69, 9.17) is 4.99 Å². The van der Waals surface area contributed by atoms with Gasteiger partial charge < -0.3 is 10.3 Å². The van der Waals surface area contributed by atoms with Gasteiger partial charge >= 0.3 is 0 Å². The lowest BCUT2D eigenvalue weighted by molar-refractivity contribution is 0.0956. The van der Waals surface area contributed by atoms with Gasteiger partial charge in [0.05, 0.1) is 0 Å². The molecule has 1 aromatic heterocycles. The Balaban J connectivity index is 1.68. The van der Waals surface area contributed by atoms with Crippen LogP contribution < -0.4 is 10.9 Å². The Hall–Kier alpha value is -3.47. The zero-order chi connectivity index (χ0) is 22.7. The van der Waals surface area contributed by atoms with Gasteiger partial charge in [0.15, 0.2) is 0 Å². The molecule has 0 saturated carbocycles. The summed E-state index contributed by atoms with van der Waals surface area (Å²) >= 11 is 0. The lowest BCUT2D eigenvalue weighted by atomic mass is 9.63. The second-order valence-electron chi connectivity index (χ2n) is 8.44. The zero-order valence-electron chi connectivity index (χ0n) is 18.8. The molecule has 0 radical (unpaired) electrons. The first-order chi connectivity index (χ1) is 15.5. The molecular formula is C27H29N3O2. The number of aliphatic imine (C=N–C) groups is 1. The lowest BCUT2D eigenvalue weighted by Gasteiger charge is -2.45. The molecule has 5 nitrogen and oxygen atoms in total. The monoisotopic (exact) mass is 427 g/mol.